The van der Waals surface area contributed by atoms with Gasteiger partial charge in [0.25, 0.3) is 0 Å². The van der Waals surface area contributed by atoms with E-state index >= 15 is 0 Å². The topological polar surface area (TPSA) is 0 Å². The Morgan fingerprint density at radius 2 is 0.652 bits per heavy atom. The van der Waals surface area contributed by atoms with Crippen molar-refractivity contribution in [1.82, 2.24) is 0 Å². The Balaban J connectivity index is 1.39. The molecule has 46 heavy (non-hydrogen) atoms. The molecule has 212 valence electrons. The first kappa shape index (κ1) is 25.4. The van der Waals surface area contributed by atoms with Crippen molar-refractivity contribution < 1.29 is 0 Å². The Morgan fingerprint density at radius 1 is 0.217 bits per heavy atom. The van der Waals surface area contributed by atoms with E-state index < -0.39 is 0 Å². The molecule has 0 radical (unpaired) electrons. The summed E-state index contributed by atoms with van der Waals surface area (Å²) in [4.78, 5) is 0. The van der Waals surface area contributed by atoms with Crippen LogP contribution in [0, 0.1) is 0 Å². The highest BCUT2D eigenvalue weighted by molar-refractivity contribution is 6.39. The van der Waals surface area contributed by atoms with Crippen molar-refractivity contribution in [2.45, 2.75) is 0 Å². The van der Waals surface area contributed by atoms with Crippen molar-refractivity contribution in [1.29, 1.82) is 0 Å². The van der Waals surface area contributed by atoms with Gasteiger partial charge in [0.2, 0.25) is 0 Å². The maximum absolute atomic E-state index is 2.46. The van der Waals surface area contributed by atoms with Crippen LogP contribution in [0.5, 0.6) is 0 Å². The Labute approximate surface area is 266 Å². The minimum absolute atomic E-state index is 1.23. The van der Waals surface area contributed by atoms with Gasteiger partial charge in [-0.2, -0.15) is 0 Å². The maximum atomic E-state index is 2.46. The molecule has 0 aromatic heterocycles. The zero-order chi connectivity index (χ0) is 30.2. The zero-order valence-electron chi connectivity index (χ0n) is 25.2. The number of benzene rings is 10. The molecule has 10 aromatic carbocycles. The van der Waals surface area contributed by atoms with Crippen molar-refractivity contribution in [2.75, 3.05) is 0 Å². The maximum Gasteiger partial charge on any atom is -0.00137 e. The van der Waals surface area contributed by atoms with Crippen LogP contribution in [0.4, 0.5) is 0 Å². The number of rotatable bonds is 2. The van der Waals surface area contributed by atoms with Gasteiger partial charge in [0.05, 0.1) is 0 Å². The largest absolute Gasteiger partial charge is 0.0616 e. The number of fused-ring (bicyclic) bond motifs is 13. The van der Waals surface area contributed by atoms with Crippen LogP contribution in [0.2, 0.25) is 0 Å². The molecule has 0 aliphatic carbocycles. The van der Waals surface area contributed by atoms with Gasteiger partial charge in [-0.3, -0.25) is 0 Å². The minimum Gasteiger partial charge on any atom is -0.0616 e. The Bertz CT molecular complexity index is 2830. The van der Waals surface area contributed by atoms with E-state index in [-0.39, 0.29) is 0 Å². The fraction of sp³-hybridized carbons (Fsp3) is 0. The van der Waals surface area contributed by atoms with E-state index in [4.69, 9.17) is 0 Å². The lowest BCUT2D eigenvalue weighted by atomic mass is 9.85. The van der Waals surface area contributed by atoms with Crippen LogP contribution in [0.1, 0.15) is 0 Å². The summed E-state index contributed by atoms with van der Waals surface area (Å²) in [5.41, 5.74) is 5.01. The van der Waals surface area contributed by atoms with Gasteiger partial charge in [-0.25, -0.2) is 0 Å². The Morgan fingerprint density at radius 3 is 1.26 bits per heavy atom. The normalized spacial score (nSPS) is 11.9. The molecule has 0 aliphatic heterocycles. The van der Waals surface area contributed by atoms with Crippen LogP contribution in [-0.2, 0) is 0 Å². The van der Waals surface area contributed by atoms with Gasteiger partial charge in [-0.05, 0) is 116 Å². The summed E-state index contributed by atoms with van der Waals surface area (Å²) < 4.78 is 0. The molecule has 0 saturated heterocycles. The summed E-state index contributed by atoms with van der Waals surface area (Å²) in [6, 6.07) is 62.9. The quantitative estimate of drug-likeness (QED) is 0.178. The predicted molar refractivity (Wildman–Crippen MR) is 200 cm³/mol. The van der Waals surface area contributed by atoms with E-state index in [0.29, 0.717) is 0 Å². The van der Waals surface area contributed by atoms with Crippen molar-refractivity contribution >= 4 is 75.4 Å². The first-order chi connectivity index (χ1) is 22.8. The lowest BCUT2D eigenvalue weighted by molar-refractivity contribution is 1.64. The molecule has 0 spiro atoms. The third-order valence-electron chi connectivity index (χ3n) is 9.99. The Kier molecular flexibility index (Phi) is 5.38. The van der Waals surface area contributed by atoms with Crippen LogP contribution in [0.3, 0.4) is 0 Å². The molecule has 10 aromatic rings. The van der Waals surface area contributed by atoms with E-state index in [2.05, 4.69) is 170 Å². The second-order valence-electron chi connectivity index (χ2n) is 12.4. The average Bonchev–Trinajstić information content (AvgIpc) is 3.13. The third-order valence-corrected chi connectivity index (χ3v) is 9.99. The molecular formula is C46H28. The van der Waals surface area contributed by atoms with Gasteiger partial charge < -0.3 is 0 Å². The van der Waals surface area contributed by atoms with Crippen molar-refractivity contribution in [3.63, 3.8) is 0 Å². The van der Waals surface area contributed by atoms with Gasteiger partial charge in [-0.1, -0.05) is 152 Å². The summed E-state index contributed by atoms with van der Waals surface area (Å²) in [5, 5.41) is 18.1. The van der Waals surface area contributed by atoms with E-state index in [9.17, 15) is 0 Å². The third kappa shape index (κ3) is 3.62. The highest BCUT2D eigenvalue weighted by Crippen LogP contribution is 2.46. The van der Waals surface area contributed by atoms with Crippen LogP contribution in [-0.4, -0.2) is 0 Å². The lowest BCUT2D eigenvalue weighted by Gasteiger charge is -2.18. The molecule has 0 saturated carbocycles. The fourth-order valence-corrected chi connectivity index (χ4v) is 7.95. The van der Waals surface area contributed by atoms with Crippen molar-refractivity contribution in [3.8, 4) is 22.3 Å². The van der Waals surface area contributed by atoms with Crippen LogP contribution in [0.25, 0.3) is 97.7 Å². The fourth-order valence-electron chi connectivity index (χ4n) is 7.95. The second kappa shape index (κ2) is 9.76. The first-order valence-corrected chi connectivity index (χ1v) is 16.0. The highest BCUT2D eigenvalue weighted by atomic mass is 14.2. The van der Waals surface area contributed by atoms with Crippen molar-refractivity contribution in [2.24, 2.45) is 0 Å². The molecule has 0 heterocycles. The van der Waals surface area contributed by atoms with E-state index in [0.717, 1.165) is 0 Å². The summed E-state index contributed by atoms with van der Waals surface area (Å²) in [7, 11) is 0. The SMILES string of the molecule is c1ccc2cc(-c3cccc4ccccc34)c(-c3ccc4c5ccccc5c5c6ccccc6c6ccccc6c5c4c3)cc2c1. The summed E-state index contributed by atoms with van der Waals surface area (Å²) in [5.74, 6) is 0. The van der Waals surface area contributed by atoms with E-state index in [1.165, 1.54) is 97.7 Å². The van der Waals surface area contributed by atoms with Crippen LogP contribution in [0.15, 0.2) is 170 Å². The lowest BCUT2D eigenvalue weighted by Crippen LogP contribution is -1.91. The zero-order valence-corrected chi connectivity index (χ0v) is 25.2. The summed E-state index contributed by atoms with van der Waals surface area (Å²) in [6.07, 6.45) is 0. The van der Waals surface area contributed by atoms with Crippen LogP contribution >= 0.6 is 0 Å². The Hall–Kier alpha value is -5.98. The monoisotopic (exact) mass is 580 g/mol. The smallest absolute Gasteiger partial charge is 0.00137 e. The summed E-state index contributed by atoms with van der Waals surface area (Å²) in [6.45, 7) is 0. The van der Waals surface area contributed by atoms with Gasteiger partial charge >= 0.3 is 0 Å². The molecular weight excluding hydrogens is 553 g/mol. The van der Waals surface area contributed by atoms with Gasteiger partial charge in [-0.15, -0.1) is 0 Å². The molecule has 0 fully saturated rings. The molecule has 0 bridgehead atoms. The molecule has 0 N–H and O–H groups in total. The average molecular weight is 581 g/mol. The van der Waals surface area contributed by atoms with Crippen molar-refractivity contribution in [3.05, 3.63) is 170 Å². The molecule has 0 unspecified atom stereocenters. The molecule has 0 nitrogen and oxygen atoms in total. The molecule has 0 amide bonds. The van der Waals surface area contributed by atoms with E-state index in [1.807, 2.05) is 0 Å². The van der Waals surface area contributed by atoms with Gasteiger partial charge in [0.1, 0.15) is 0 Å². The molecule has 0 atom stereocenters. The number of hydrogen-bond donors (Lipinski definition) is 0. The molecule has 10 rings (SSSR count). The molecule has 0 heteroatoms. The van der Waals surface area contributed by atoms with Gasteiger partial charge in [0.15, 0.2) is 0 Å². The first-order valence-electron chi connectivity index (χ1n) is 16.0. The van der Waals surface area contributed by atoms with Crippen LogP contribution < -0.4 is 0 Å². The second-order valence-corrected chi connectivity index (χ2v) is 12.4. The summed E-state index contributed by atoms with van der Waals surface area (Å²) >= 11 is 0. The predicted octanol–water partition coefficient (Wildman–Crippen LogP) is 13.1. The molecule has 0 aliphatic rings. The van der Waals surface area contributed by atoms with Gasteiger partial charge in [0, 0.05) is 0 Å². The standard InChI is InChI=1S/C46H28/c1-2-14-31-27-43(34-23-11-15-29-12-3-4-16-33(29)34)42(26-30(31)13-1)32-24-25-38-37-19-7-9-21-40(37)45-39-20-8-5-17-35(39)36-18-6-10-22-41(36)46(45)44(38)28-32/h1-28H. The van der Waals surface area contributed by atoms with E-state index in [1.54, 1.807) is 0 Å². The minimum atomic E-state index is 1.23. The highest BCUT2D eigenvalue weighted by Gasteiger charge is 2.18. The number of hydrogen-bond acceptors (Lipinski definition) is 0.